The van der Waals surface area contributed by atoms with E-state index in [4.69, 9.17) is 11.6 Å². The lowest BCUT2D eigenvalue weighted by Gasteiger charge is -2.04. The van der Waals surface area contributed by atoms with Crippen LogP contribution in [0.15, 0.2) is 24.3 Å². The van der Waals surface area contributed by atoms with Gasteiger partial charge in [0.25, 0.3) is 0 Å². The van der Waals surface area contributed by atoms with E-state index in [1.807, 2.05) is 31.2 Å². The Morgan fingerprint density at radius 3 is 2.60 bits per heavy atom. The Bertz CT molecular complexity index is 313. The van der Waals surface area contributed by atoms with Gasteiger partial charge in [-0.1, -0.05) is 30.7 Å². The van der Waals surface area contributed by atoms with Gasteiger partial charge in [-0.25, -0.2) is 0 Å². The van der Waals surface area contributed by atoms with Crippen molar-refractivity contribution in [2.75, 3.05) is 18.1 Å². The second-order valence-corrected chi connectivity index (χ2v) is 5.54. The van der Waals surface area contributed by atoms with Crippen LogP contribution in [-0.2, 0) is 17.3 Å². The highest BCUT2D eigenvalue weighted by Gasteiger charge is 1.96. The molecule has 0 saturated heterocycles. The topological polar surface area (TPSA) is 29.1 Å². The van der Waals surface area contributed by atoms with Gasteiger partial charge in [-0.15, -0.1) is 0 Å². The van der Waals surface area contributed by atoms with E-state index in [1.165, 1.54) is 5.56 Å². The van der Waals surface area contributed by atoms with E-state index in [-0.39, 0.29) is 0 Å². The van der Waals surface area contributed by atoms with Crippen molar-refractivity contribution >= 4 is 22.4 Å². The zero-order chi connectivity index (χ0) is 11.1. The maximum absolute atomic E-state index is 11.1. The molecule has 1 unspecified atom stereocenters. The molecule has 0 radical (unpaired) electrons. The minimum Gasteiger partial charge on any atom is -0.312 e. The summed E-state index contributed by atoms with van der Waals surface area (Å²) in [4.78, 5) is 0. The molecule has 0 aromatic heterocycles. The molecule has 1 atom stereocenters. The van der Waals surface area contributed by atoms with Crippen molar-refractivity contribution in [1.82, 2.24) is 5.32 Å². The van der Waals surface area contributed by atoms with Gasteiger partial charge in [0.15, 0.2) is 0 Å². The third-order valence-electron chi connectivity index (χ3n) is 2.07. The Morgan fingerprint density at radius 1 is 1.33 bits per heavy atom. The van der Waals surface area contributed by atoms with E-state index in [0.717, 1.165) is 29.6 Å². The molecule has 15 heavy (non-hydrogen) atoms. The predicted octanol–water partition coefficient (Wildman–Crippen LogP) is 2.20. The summed E-state index contributed by atoms with van der Waals surface area (Å²) in [5.74, 6) is 1.46. The second kappa shape index (κ2) is 6.99. The van der Waals surface area contributed by atoms with Crippen LogP contribution in [0.3, 0.4) is 0 Å². The summed E-state index contributed by atoms with van der Waals surface area (Å²) in [7, 11) is -0.672. The maximum Gasteiger partial charge on any atom is 0.0406 e. The molecule has 84 valence electrons. The lowest BCUT2D eigenvalue weighted by molar-refractivity contribution is 0.674. The molecule has 0 aliphatic carbocycles. The largest absolute Gasteiger partial charge is 0.312 e. The van der Waals surface area contributed by atoms with Crippen molar-refractivity contribution < 1.29 is 4.21 Å². The van der Waals surface area contributed by atoms with Gasteiger partial charge in [0.05, 0.1) is 0 Å². The van der Waals surface area contributed by atoms with E-state index in [9.17, 15) is 4.21 Å². The Hall–Kier alpha value is -0.380. The molecule has 1 aromatic rings. The number of halogens is 1. The quantitative estimate of drug-likeness (QED) is 0.779. The first-order chi connectivity index (χ1) is 7.22. The number of hydrogen-bond acceptors (Lipinski definition) is 2. The average molecular weight is 246 g/mol. The first kappa shape index (κ1) is 12.7. The van der Waals surface area contributed by atoms with Gasteiger partial charge >= 0.3 is 0 Å². The number of hydrogen-bond donors (Lipinski definition) is 1. The minimum atomic E-state index is -0.672. The van der Waals surface area contributed by atoms with Crippen molar-refractivity contribution in [3.8, 4) is 0 Å². The van der Waals surface area contributed by atoms with Gasteiger partial charge in [0.1, 0.15) is 0 Å². The molecule has 0 fully saturated rings. The van der Waals surface area contributed by atoms with E-state index < -0.39 is 10.8 Å². The van der Waals surface area contributed by atoms with Crippen molar-refractivity contribution in [1.29, 1.82) is 0 Å². The lowest BCUT2D eigenvalue weighted by Crippen LogP contribution is -2.20. The van der Waals surface area contributed by atoms with Crippen LogP contribution in [0.1, 0.15) is 12.5 Å². The molecular formula is C11H16ClNOS. The smallest absolute Gasteiger partial charge is 0.0406 e. The highest BCUT2D eigenvalue weighted by Crippen LogP contribution is 2.08. The number of nitrogens with one attached hydrogen (secondary N) is 1. The summed E-state index contributed by atoms with van der Waals surface area (Å²) in [5, 5.41) is 4.01. The Morgan fingerprint density at radius 2 is 2.00 bits per heavy atom. The molecule has 0 aliphatic heterocycles. The van der Waals surface area contributed by atoms with Crippen molar-refractivity contribution in [2.24, 2.45) is 0 Å². The molecule has 0 aliphatic rings. The molecule has 1 rings (SSSR count). The molecule has 0 bridgehead atoms. The van der Waals surface area contributed by atoms with E-state index in [2.05, 4.69) is 5.32 Å². The summed E-state index contributed by atoms with van der Waals surface area (Å²) in [6, 6.07) is 7.74. The molecule has 0 saturated carbocycles. The van der Waals surface area contributed by atoms with Gasteiger partial charge < -0.3 is 5.32 Å². The Balaban J connectivity index is 2.20. The maximum atomic E-state index is 11.1. The highest BCUT2D eigenvalue weighted by molar-refractivity contribution is 7.84. The van der Waals surface area contributed by atoms with Gasteiger partial charge in [0.2, 0.25) is 0 Å². The van der Waals surface area contributed by atoms with Crippen molar-refractivity contribution in [3.05, 3.63) is 34.9 Å². The van der Waals surface area contributed by atoms with Crippen LogP contribution in [-0.4, -0.2) is 22.3 Å². The highest BCUT2D eigenvalue weighted by atomic mass is 35.5. The first-order valence-electron chi connectivity index (χ1n) is 5.02. The first-order valence-corrected chi connectivity index (χ1v) is 6.89. The van der Waals surface area contributed by atoms with Gasteiger partial charge in [0, 0.05) is 40.4 Å². The van der Waals surface area contributed by atoms with Gasteiger partial charge in [-0.05, 0) is 17.7 Å². The average Bonchev–Trinajstić information content (AvgIpc) is 2.26. The molecule has 1 aromatic carbocycles. The number of rotatable bonds is 6. The zero-order valence-corrected chi connectivity index (χ0v) is 10.4. The summed E-state index contributed by atoms with van der Waals surface area (Å²) < 4.78 is 11.1. The standard InChI is InChI=1S/C11H16ClNOS/c1-2-15(14)8-7-13-9-10-3-5-11(12)6-4-10/h3-6,13H,2,7-9H2,1H3. The summed E-state index contributed by atoms with van der Waals surface area (Å²) in [6.45, 7) is 3.54. The fourth-order valence-corrected chi connectivity index (χ4v) is 1.95. The Kier molecular flexibility index (Phi) is 5.91. The summed E-state index contributed by atoms with van der Waals surface area (Å²) in [6.07, 6.45) is 0. The fourth-order valence-electron chi connectivity index (χ4n) is 1.17. The molecule has 0 spiro atoms. The van der Waals surface area contributed by atoms with Gasteiger partial charge in [-0.3, -0.25) is 4.21 Å². The zero-order valence-electron chi connectivity index (χ0n) is 8.83. The van der Waals surface area contributed by atoms with Crippen LogP contribution in [0.4, 0.5) is 0 Å². The molecule has 0 heterocycles. The molecule has 2 nitrogen and oxygen atoms in total. The van der Waals surface area contributed by atoms with Crippen LogP contribution in [0.5, 0.6) is 0 Å². The SMILES string of the molecule is CCS(=O)CCNCc1ccc(Cl)cc1. The van der Waals surface area contributed by atoms with Crippen LogP contribution >= 0.6 is 11.6 Å². The summed E-state index contributed by atoms with van der Waals surface area (Å²) >= 11 is 5.77. The van der Waals surface area contributed by atoms with Crippen LogP contribution in [0, 0.1) is 0 Å². The minimum absolute atomic E-state index is 0.672. The van der Waals surface area contributed by atoms with Crippen LogP contribution < -0.4 is 5.32 Å². The van der Waals surface area contributed by atoms with Crippen LogP contribution in [0.25, 0.3) is 0 Å². The van der Waals surface area contributed by atoms with E-state index in [1.54, 1.807) is 0 Å². The van der Waals surface area contributed by atoms with Crippen molar-refractivity contribution in [3.63, 3.8) is 0 Å². The monoisotopic (exact) mass is 245 g/mol. The molecule has 1 N–H and O–H groups in total. The second-order valence-electron chi connectivity index (χ2n) is 3.24. The van der Waals surface area contributed by atoms with E-state index in [0.29, 0.717) is 0 Å². The van der Waals surface area contributed by atoms with Crippen LogP contribution in [0.2, 0.25) is 5.02 Å². The molecule has 4 heteroatoms. The third kappa shape index (κ3) is 5.30. The third-order valence-corrected chi connectivity index (χ3v) is 3.63. The van der Waals surface area contributed by atoms with E-state index >= 15 is 0 Å². The fraction of sp³-hybridized carbons (Fsp3) is 0.455. The Labute approximate surface area is 98.5 Å². The number of benzene rings is 1. The predicted molar refractivity (Wildman–Crippen MR) is 66.7 cm³/mol. The molecule has 0 amide bonds. The molecular weight excluding hydrogens is 230 g/mol. The van der Waals surface area contributed by atoms with Gasteiger partial charge in [-0.2, -0.15) is 0 Å². The summed E-state index contributed by atoms with van der Waals surface area (Å²) in [5.41, 5.74) is 1.20. The lowest BCUT2D eigenvalue weighted by atomic mass is 10.2. The normalized spacial score (nSPS) is 12.7. The van der Waals surface area contributed by atoms with Crippen molar-refractivity contribution in [2.45, 2.75) is 13.5 Å².